The molecule has 33 heavy (non-hydrogen) atoms. The van der Waals surface area contributed by atoms with E-state index in [2.05, 4.69) is 16.4 Å². The number of hydrogen-bond acceptors (Lipinski definition) is 6. The number of rotatable bonds is 7. The topological polar surface area (TPSA) is 93.2 Å². The van der Waals surface area contributed by atoms with Gasteiger partial charge in [-0.3, -0.25) is 4.98 Å². The van der Waals surface area contributed by atoms with Crippen LogP contribution in [0.3, 0.4) is 0 Å². The van der Waals surface area contributed by atoms with Gasteiger partial charge >= 0.3 is 0 Å². The average molecular weight is 479 g/mol. The Labute approximate surface area is 201 Å². The van der Waals surface area contributed by atoms with Crippen molar-refractivity contribution in [2.45, 2.75) is 13.5 Å². The summed E-state index contributed by atoms with van der Waals surface area (Å²) in [6, 6.07) is 18.5. The summed E-state index contributed by atoms with van der Waals surface area (Å²) in [5.41, 5.74) is 9.86. The predicted octanol–water partition coefficient (Wildman–Crippen LogP) is 6.72. The zero-order valence-corrected chi connectivity index (χ0v) is 19.2. The van der Waals surface area contributed by atoms with Gasteiger partial charge in [-0.15, -0.1) is 0 Å². The molecule has 0 amide bonds. The maximum atomic E-state index is 9.62. The van der Waals surface area contributed by atoms with Gasteiger partial charge < -0.3 is 20.5 Å². The molecule has 0 saturated carbocycles. The molecule has 3 N–H and O–H groups in total. The predicted molar refractivity (Wildman–Crippen MR) is 133 cm³/mol. The molecule has 0 atom stereocenters. The highest BCUT2D eigenvalue weighted by molar-refractivity contribution is 6.32. The lowest BCUT2D eigenvalue weighted by atomic mass is 10.1. The van der Waals surface area contributed by atoms with Crippen molar-refractivity contribution in [2.24, 2.45) is 0 Å². The molecule has 0 aliphatic heterocycles. The molecule has 0 unspecified atom stereocenters. The third-order valence-electron chi connectivity index (χ3n) is 4.90. The van der Waals surface area contributed by atoms with Gasteiger partial charge in [-0.1, -0.05) is 35.3 Å². The van der Waals surface area contributed by atoms with Crippen LogP contribution in [-0.4, -0.2) is 11.6 Å². The first-order valence-corrected chi connectivity index (χ1v) is 10.9. The molecule has 0 aliphatic rings. The second-order valence-corrected chi connectivity index (χ2v) is 8.03. The number of nitrogens with one attached hydrogen (secondary N) is 1. The van der Waals surface area contributed by atoms with E-state index in [4.69, 9.17) is 38.4 Å². The molecule has 6 nitrogen and oxygen atoms in total. The molecule has 166 valence electrons. The smallest absolute Gasteiger partial charge is 0.144 e. The Balaban J connectivity index is 1.61. The SMILES string of the molecule is CCOc1cc2ncc(C#N)c(Nc3ccc(OCc4cccc(Cl)c4)c(Cl)c3)c2cc1N. The van der Waals surface area contributed by atoms with E-state index in [1.165, 1.54) is 6.20 Å². The Bertz CT molecular complexity index is 1370. The van der Waals surface area contributed by atoms with Crippen LogP contribution in [0.15, 0.2) is 60.8 Å². The molecular weight excluding hydrogens is 459 g/mol. The maximum absolute atomic E-state index is 9.62. The lowest BCUT2D eigenvalue weighted by molar-refractivity contribution is 0.306. The maximum Gasteiger partial charge on any atom is 0.144 e. The Morgan fingerprint density at radius 3 is 2.64 bits per heavy atom. The largest absolute Gasteiger partial charge is 0.492 e. The van der Waals surface area contributed by atoms with Crippen LogP contribution >= 0.6 is 23.2 Å². The number of fused-ring (bicyclic) bond motifs is 1. The molecule has 8 heteroatoms. The Hall–Kier alpha value is -3.66. The molecule has 0 saturated heterocycles. The molecule has 1 aromatic heterocycles. The van der Waals surface area contributed by atoms with E-state index in [0.29, 0.717) is 68.3 Å². The lowest BCUT2D eigenvalue weighted by Gasteiger charge is -2.15. The summed E-state index contributed by atoms with van der Waals surface area (Å²) in [7, 11) is 0. The van der Waals surface area contributed by atoms with E-state index in [0.717, 1.165) is 5.56 Å². The summed E-state index contributed by atoms with van der Waals surface area (Å²) in [4.78, 5) is 4.38. The van der Waals surface area contributed by atoms with Crippen molar-refractivity contribution < 1.29 is 9.47 Å². The molecule has 1 heterocycles. The van der Waals surface area contributed by atoms with Gasteiger partial charge in [0.15, 0.2) is 0 Å². The number of nitriles is 1. The van der Waals surface area contributed by atoms with E-state index in [9.17, 15) is 5.26 Å². The Morgan fingerprint density at radius 1 is 1.06 bits per heavy atom. The van der Waals surface area contributed by atoms with Crippen LogP contribution in [0.4, 0.5) is 17.1 Å². The Morgan fingerprint density at radius 2 is 1.91 bits per heavy atom. The fourth-order valence-corrected chi connectivity index (χ4v) is 3.81. The first-order valence-electron chi connectivity index (χ1n) is 10.2. The van der Waals surface area contributed by atoms with Crippen molar-refractivity contribution in [1.29, 1.82) is 5.26 Å². The lowest BCUT2D eigenvalue weighted by Crippen LogP contribution is -2.01. The molecule has 0 bridgehead atoms. The fourth-order valence-electron chi connectivity index (χ4n) is 3.36. The van der Waals surface area contributed by atoms with Gasteiger partial charge in [0.25, 0.3) is 0 Å². The van der Waals surface area contributed by atoms with E-state index in [-0.39, 0.29) is 0 Å². The molecule has 4 aromatic rings. The number of aromatic nitrogens is 1. The Kier molecular flexibility index (Phi) is 6.74. The zero-order valence-electron chi connectivity index (χ0n) is 17.7. The quantitative estimate of drug-likeness (QED) is 0.286. The van der Waals surface area contributed by atoms with E-state index in [1.54, 1.807) is 24.3 Å². The van der Waals surface area contributed by atoms with Crippen LogP contribution in [0, 0.1) is 11.3 Å². The average Bonchev–Trinajstić information content (AvgIpc) is 2.80. The first-order chi connectivity index (χ1) is 16.0. The van der Waals surface area contributed by atoms with Crippen LogP contribution in [0.1, 0.15) is 18.1 Å². The summed E-state index contributed by atoms with van der Waals surface area (Å²) in [6.45, 7) is 2.71. The summed E-state index contributed by atoms with van der Waals surface area (Å²) in [5, 5.41) is 14.7. The van der Waals surface area contributed by atoms with Crippen LogP contribution in [0.5, 0.6) is 11.5 Å². The highest BCUT2D eigenvalue weighted by atomic mass is 35.5. The summed E-state index contributed by atoms with van der Waals surface area (Å²) < 4.78 is 11.4. The third kappa shape index (κ3) is 5.06. The molecule has 3 aromatic carbocycles. The molecule has 0 radical (unpaired) electrons. The van der Waals surface area contributed by atoms with Crippen molar-refractivity contribution in [3.63, 3.8) is 0 Å². The first kappa shape index (κ1) is 22.5. The van der Waals surface area contributed by atoms with Crippen LogP contribution < -0.4 is 20.5 Å². The number of pyridine rings is 1. The highest BCUT2D eigenvalue weighted by Crippen LogP contribution is 2.36. The number of nitrogens with zero attached hydrogens (tertiary/aromatic N) is 2. The fraction of sp³-hybridized carbons (Fsp3) is 0.120. The van der Waals surface area contributed by atoms with Crippen molar-refractivity contribution in [3.8, 4) is 17.6 Å². The monoisotopic (exact) mass is 478 g/mol. The van der Waals surface area contributed by atoms with Gasteiger partial charge in [0.05, 0.1) is 34.1 Å². The zero-order chi connectivity index (χ0) is 23.4. The van der Waals surface area contributed by atoms with Gasteiger partial charge in [0.2, 0.25) is 0 Å². The van der Waals surface area contributed by atoms with Crippen molar-refractivity contribution in [2.75, 3.05) is 17.7 Å². The molecule has 0 fully saturated rings. The number of halogens is 2. The van der Waals surface area contributed by atoms with E-state index < -0.39 is 0 Å². The number of hydrogen-bond donors (Lipinski definition) is 2. The standard InChI is InChI=1S/C25H20Cl2N4O2/c1-2-32-24-11-22-19(10-21(24)29)25(16(12-28)13-30-22)31-18-6-7-23(20(27)9-18)33-14-15-4-3-5-17(26)8-15/h3-11,13H,2,14,29H2,1H3,(H,30,31). The van der Waals surface area contributed by atoms with Gasteiger partial charge in [-0.2, -0.15) is 5.26 Å². The molecular formula is C25H20Cl2N4O2. The number of nitrogen functional groups attached to an aromatic ring is 1. The highest BCUT2D eigenvalue weighted by Gasteiger charge is 2.14. The van der Waals surface area contributed by atoms with Crippen LogP contribution in [0.2, 0.25) is 10.0 Å². The van der Waals surface area contributed by atoms with Crippen LogP contribution in [0.25, 0.3) is 10.9 Å². The second-order valence-electron chi connectivity index (χ2n) is 7.19. The minimum atomic E-state index is 0.335. The van der Waals surface area contributed by atoms with Gasteiger partial charge in [0, 0.05) is 28.4 Å². The number of benzene rings is 3. The molecule has 0 aliphatic carbocycles. The third-order valence-corrected chi connectivity index (χ3v) is 5.43. The van der Waals surface area contributed by atoms with Crippen molar-refractivity contribution >= 4 is 51.2 Å². The minimum absolute atomic E-state index is 0.335. The number of nitrogens with two attached hydrogens (primary N) is 1. The van der Waals surface area contributed by atoms with E-state index >= 15 is 0 Å². The van der Waals surface area contributed by atoms with Crippen molar-refractivity contribution in [1.82, 2.24) is 4.98 Å². The van der Waals surface area contributed by atoms with Crippen LogP contribution in [-0.2, 0) is 6.61 Å². The van der Waals surface area contributed by atoms with E-state index in [1.807, 2.05) is 37.3 Å². The number of anilines is 3. The van der Waals surface area contributed by atoms with Gasteiger partial charge in [0.1, 0.15) is 24.2 Å². The summed E-state index contributed by atoms with van der Waals surface area (Å²) in [5.74, 6) is 1.09. The van der Waals surface area contributed by atoms with Gasteiger partial charge in [-0.25, -0.2) is 0 Å². The number of ether oxygens (including phenoxy) is 2. The second kappa shape index (κ2) is 9.86. The summed E-state index contributed by atoms with van der Waals surface area (Å²) >= 11 is 12.5. The normalized spacial score (nSPS) is 10.6. The molecule has 4 rings (SSSR count). The molecule has 0 spiro atoms. The minimum Gasteiger partial charge on any atom is -0.492 e. The summed E-state index contributed by atoms with van der Waals surface area (Å²) in [6.07, 6.45) is 1.51. The van der Waals surface area contributed by atoms with Gasteiger partial charge in [-0.05, 0) is 48.9 Å². The van der Waals surface area contributed by atoms with Crippen molar-refractivity contribution in [3.05, 3.63) is 82.0 Å².